The molecule has 0 N–H and O–H groups in total. The van der Waals surface area contributed by atoms with Crippen molar-refractivity contribution in [3.8, 4) is 17.4 Å². The molecule has 0 spiro atoms. The predicted molar refractivity (Wildman–Crippen MR) is 179 cm³/mol. The molecule has 0 bridgehead atoms. The van der Waals surface area contributed by atoms with E-state index < -0.39 is 0 Å². The molecule has 9 aromatic rings. The van der Waals surface area contributed by atoms with Crippen LogP contribution in [-0.4, -0.2) is 9.13 Å². The first-order valence-electron chi connectivity index (χ1n) is 14.0. The number of nitrogens with zero attached hydrogens (tertiary/aromatic N) is 4. The van der Waals surface area contributed by atoms with Crippen molar-refractivity contribution in [1.29, 1.82) is 5.26 Å². The summed E-state index contributed by atoms with van der Waals surface area (Å²) in [6.45, 7) is 7.57. The molecule has 0 saturated heterocycles. The van der Waals surface area contributed by atoms with Gasteiger partial charge >= 0.3 is 0 Å². The van der Waals surface area contributed by atoms with E-state index in [1.165, 1.54) is 47.7 Å². The summed E-state index contributed by atoms with van der Waals surface area (Å²) in [5, 5.41) is 16.5. The van der Waals surface area contributed by atoms with Gasteiger partial charge < -0.3 is 9.13 Å². The molecule has 5 heteroatoms. The second-order valence-corrected chi connectivity index (χ2v) is 11.9. The molecule has 43 heavy (non-hydrogen) atoms. The molecular formula is C38H20N4S. The smallest absolute Gasteiger partial charge is 0.188 e. The maximum Gasteiger partial charge on any atom is 0.188 e. The fraction of sp³-hybridized carbons (Fsp3) is 0. The zero-order valence-corrected chi connectivity index (χ0v) is 23.6. The first-order valence-corrected chi connectivity index (χ1v) is 14.9. The lowest BCUT2D eigenvalue weighted by atomic mass is 10.1. The summed E-state index contributed by atoms with van der Waals surface area (Å²) in [7, 11) is 0. The zero-order chi connectivity index (χ0) is 28.7. The van der Waals surface area contributed by atoms with Gasteiger partial charge in [0.25, 0.3) is 0 Å². The van der Waals surface area contributed by atoms with Crippen LogP contribution in [0.2, 0.25) is 0 Å². The Labute approximate surface area is 250 Å². The molecule has 0 unspecified atom stereocenters. The minimum Gasteiger partial charge on any atom is -0.309 e. The van der Waals surface area contributed by atoms with Gasteiger partial charge in [0.15, 0.2) is 5.69 Å². The zero-order valence-electron chi connectivity index (χ0n) is 22.7. The first-order chi connectivity index (χ1) is 21.2. The number of aromatic nitrogens is 2. The van der Waals surface area contributed by atoms with Gasteiger partial charge in [-0.1, -0.05) is 48.5 Å². The van der Waals surface area contributed by atoms with E-state index in [9.17, 15) is 5.26 Å². The van der Waals surface area contributed by atoms with Crippen molar-refractivity contribution in [1.82, 2.24) is 9.13 Å². The second kappa shape index (κ2) is 8.81. The predicted octanol–water partition coefficient (Wildman–Crippen LogP) is 10.7. The van der Waals surface area contributed by atoms with Crippen LogP contribution in [0.25, 0.3) is 80.0 Å². The molecule has 0 aliphatic rings. The highest BCUT2D eigenvalue weighted by molar-refractivity contribution is 7.25. The largest absolute Gasteiger partial charge is 0.309 e. The van der Waals surface area contributed by atoms with Crippen LogP contribution in [0.15, 0.2) is 121 Å². The van der Waals surface area contributed by atoms with Gasteiger partial charge in [-0.05, 0) is 78.2 Å². The molecule has 0 radical (unpaired) electrons. The highest BCUT2D eigenvalue weighted by Gasteiger charge is 2.18. The van der Waals surface area contributed by atoms with Crippen LogP contribution < -0.4 is 0 Å². The fourth-order valence-corrected chi connectivity index (χ4v) is 7.84. The minimum atomic E-state index is 0.587. The van der Waals surface area contributed by atoms with E-state index in [2.05, 4.69) is 105 Å². The number of thiophene rings is 1. The SMILES string of the molecule is [C-]#[N+]c1ccc2c(c1)c1cc(C#N)ccc1n2-c1ccc2sc3cccc(-n4c5ccccc5c5ccccc54)c3c2c1. The van der Waals surface area contributed by atoms with Crippen LogP contribution in [0.3, 0.4) is 0 Å². The molecule has 0 saturated carbocycles. The number of benzene rings is 6. The topological polar surface area (TPSA) is 38.0 Å². The maximum atomic E-state index is 9.62. The summed E-state index contributed by atoms with van der Waals surface area (Å²) >= 11 is 1.82. The summed E-state index contributed by atoms with van der Waals surface area (Å²) < 4.78 is 7.14. The van der Waals surface area contributed by atoms with Gasteiger partial charge in [-0.3, -0.25) is 0 Å². The number of hydrogen-bond acceptors (Lipinski definition) is 2. The van der Waals surface area contributed by atoms with Gasteiger partial charge in [-0.25, -0.2) is 4.85 Å². The molecule has 0 fully saturated rings. The molecular weight excluding hydrogens is 545 g/mol. The molecule has 0 aliphatic heterocycles. The van der Waals surface area contributed by atoms with Crippen LogP contribution in [-0.2, 0) is 0 Å². The van der Waals surface area contributed by atoms with E-state index in [1.54, 1.807) is 0 Å². The Morgan fingerprint density at radius 2 is 1.28 bits per heavy atom. The number of nitriles is 1. The summed E-state index contributed by atoms with van der Waals surface area (Å²) in [6, 6.07) is 44.5. The van der Waals surface area contributed by atoms with E-state index >= 15 is 0 Å². The minimum absolute atomic E-state index is 0.587. The van der Waals surface area contributed by atoms with E-state index in [4.69, 9.17) is 6.57 Å². The third-order valence-electron chi connectivity index (χ3n) is 8.54. The molecule has 9 rings (SSSR count). The Kier molecular flexibility index (Phi) is 4.87. The molecule has 0 amide bonds. The summed E-state index contributed by atoms with van der Waals surface area (Å²) in [5.74, 6) is 0. The molecule has 3 heterocycles. The van der Waals surface area contributed by atoms with E-state index in [1.807, 2.05) is 47.7 Å². The van der Waals surface area contributed by atoms with E-state index in [-0.39, 0.29) is 0 Å². The Morgan fingerprint density at radius 3 is 2.02 bits per heavy atom. The van der Waals surface area contributed by atoms with Gasteiger partial charge in [0.05, 0.1) is 46.0 Å². The lowest BCUT2D eigenvalue weighted by molar-refractivity contribution is 1.18. The average Bonchev–Trinajstić information content (AvgIpc) is 3.71. The Balaban J connectivity index is 1.38. The third-order valence-corrected chi connectivity index (χ3v) is 9.68. The normalized spacial score (nSPS) is 11.7. The van der Waals surface area contributed by atoms with Crippen LogP contribution in [0.4, 0.5) is 5.69 Å². The van der Waals surface area contributed by atoms with Gasteiger partial charge in [-0.15, -0.1) is 11.3 Å². The van der Waals surface area contributed by atoms with Gasteiger partial charge in [0.2, 0.25) is 0 Å². The van der Waals surface area contributed by atoms with Crippen molar-refractivity contribution in [2.75, 3.05) is 0 Å². The number of fused-ring (bicyclic) bond motifs is 9. The third kappa shape index (κ3) is 3.29. The average molecular weight is 565 g/mol. The molecule has 4 nitrogen and oxygen atoms in total. The molecule has 198 valence electrons. The van der Waals surface area contributed by atoms with E-state index in [0.717, 1.165) is 27.5 Å². The highest BCUT2D eigenvalue weighted by Crippen LogP contribution is 2.42. The standard InChI is InChI=1S/C38H20N4S/c1-40-24-14-17-34-29(20-24)28-19-23(22-39)13-16-33(28)41(34)25-15-18-36-30(21-25)38-35(11-6-12-37(38)43-36)42-31-9-4-2-7-26(31)27-8-3-5-10-32(27)42/h2-21H. The quantitative estimate of drug-likeness (QED) is 0.192. The van der Waals surface area contributed by atoms with Gasteiger partial charge in [0, 0.05) is 42.0 Å². The van der Waals surface area contributed by atoms with E-state index in [0.29, 0.717) is 11.3 Å². The Morgan fingerprint density at radius 1 is 0.581 bits per heavy atom. The van der Waals surface area contributed by atoms with Crippen molar-refractivity contribution in [2.45, 2.75) is 0 Å². The number of para-hydroxylation sites is 2. The number of hydrogen-bond donors (Lipinski definition) is 0. The molecule has 0 atom stereocenters. The molecule has 3 aromatic heterocycles. The van der Waals surface area contributed by atoms with Crippen LogP contribution in [0.1, 0.15) is 5.56 Å². The van der Waals surface area contributed by atoms with Gasteiger partial charge in [0.1, 0.15) is 0 Å². The first kappa shape index (κ1) is 23.8. The van der Waals surface area contributed by atoms with Gasteiger partial charge in [-0.2, -0.15) is 5.26 Å². The van der Waals surface area contributed by atoms with Crippen LogP contribution in [0.5, 0.6) is 0 Å². The Bertz CT molecular complexity index is 2580. The van der Waals surface area contributed by atoms with Crippen molar-refractivity contribution >= 4 is 80.8 Å². The lowest BCUT2D eigenvalue weighted by Gasteiger charge is -2.11. The molecule has 6 aromatic carbocycles. The van der Waals surface area contributed by atoms with Crippen molar-refractivity contribution in [2.24, 2.45) is 0 Å². The summed E-state index contributed by atoms with van der Waals surface area (Å²) in [6.07, 6.45) is 0. The molecule has 0 aliphatic carbocycles. The summed E-state index contributed by atoms with van der Waals surface area (Å²) in [4.78, 5) is 3.67. The van der Waals surface area contributed by atoms with Crippen molar-refractivity contribution in [3.05, 3.63) is 138 Å². The van der Waals surface area contributed by atoms with Crippen molar-refractivity contribution in [3.63, 3.8) is 0 Å². The fourth-order valence-electron chi connectivity index (χ4n) is 6.73. The number of rotatable bonds is 2. The maximum absolute atomic E-state index is 9.62. The highest BCUT2D eigenvalue weighted by atomic mass is 32.1. The van der Waals surface area contributed by atoms with Crippen LogP contribution in [0, 0.1) is 17.9 Å². The summed E-state index contributed by atoms with van der Waals surface area (Å²) in [5.41, 5.74) is 7.82. The second-order valence-electron chi connectivity index (χ2n) is 10.8. The van der Waals surface area contributed by atoms with Crippen molar-refractivity contribution < 1.29 is 0 Å². The lowest BCUT2D eigenvalue weighted by Crippen LogP contribution is -1.95. The Hall–Kier alpha value is -5.88. The monoisotopic (exact) mass is 564 g/mol. The van der Waals surface area contributed by atoms with Crippen LogP contribution >= 0.6 is 11.3 Å².